The Hall–Kier alpha value is -3.56. The lowest BCUT2D eigenvalue weighted by atomic mass is 10.1. The lowest BCUT2D eigenvalue weighted by Gasteiger charge is -2.14. The van der Waals surface area contributed by atoms with E-state index in [1.165, 1.54) is 0 Å². The van der Waals surface area contributed by atoms with E-state index in [1.807, 2.05) is 36.4 Å². The monoisotopic (exact) mass is 602 g/mol. The average molecular weight is 603 g/mol. The van der Waals surface area contributed by atoms with Gasteiger partial charge in [-0.15, -0.1) is 0 Å². The van der Waals surface area contributed by atoms with Crippen LogP contribution in [0.2, 0.25) is 0 Å². The van der Waals surface area contributed by atoms with Crippen molar-refractivity contribution in [2.75, 3.05) is 52.9 Å². The molecule has 4 atom stereocenters. The first-order valence-corrected chi connectivity index (χ1v) is 15.6. The van der Waals surface area contributed by atoms with E-state index in [1.54, 1.807) is 0 Å². The highest BCUT2D eigenvalue weighted by molar-refractivity contribution is 5.86. The van der Waals surface area contributed by atoms with Gasteiger partial charge in [0.1, 0.15) is 36.2 Å². The molecule has 0 aliphatic carbocycles. The largest absolute Gasteiger partial charge is 0.491 e. The van der Waals surface area contributed by atoms with Gasteiger partial charge < -0.3 is 37.9 Å². The Kier molecular flexibility index (Phi) is 10.3. The van der Waals surface area contributed by atoms with E-state index < -0.39 is 0 Å². The third-order valence-electron chi connectivity index (χ3n) is 7.60. The maximum atomic E-state index is 6.04. The van der Waals surface area contributed by atoms with E-state index in [0.717, 1.165) is 70.6 Å². The average Bonchev–Trinajstić information content (AvgIpc) is 3.96. The molecule has 6 rings (SSSR count). The Morgan fingerprint density at radius 3 is 1.25 bits per heavy atom. The van der Waals surface area contributed by atoms with Crippen LogP contribution >= 0.6 is 0 Å². The zero-order chi connectivity index (χ0) is 30.1. The molecule has 2 aliphatic rings. The molecule has 0 amide bonds. The van der Waals surface area contributed by atoms with E-state index in [4.69, 9.17) is 37.9 Å². The van der Waals surface area contributed by atoms with Gasteiger partial charge in [0.2, 0.25) is 0 Å². The number of fused-ring (bicyclic) bond motifs is 2. The van der Waals surface area contributed by atoms with Gasteiger partial charge in [-0.05, 0) is 83.9 Å². The molecule has 0 radical (unpaired) electrons. The first kappa shape index (κ1) is 30.5. The summed E-state index contributed by atoms with van der Waals surface area (Å²) in [5, 5.41) is 4.45. The molecule has 0 bridgehead atoms. The predicted octanol–water partition coefficient (Wildman–Crippen LogP) is 6.60. The van der Waals surface area contributed by atoms with Gasteiger partial charge in [-0.25, -0.2) is 0 Å². The van der Waals surface area contributed by atoms with Gasteiger partial charge in [0.15, 0.2) is 0 Å². The Bertz CT molecular complexity index is 1390. The van der Waals surface area contributed by atoms with Crippen LogP contribution in [0.1, 0.15) is 26.7 Å². The summed E-state index contributed by atoms with van der Waals surface area (Å²) in [4.78, 5) is 0. The SMILES string of the molecule is CC(CC1CO1)Oc1ccc2cc(OCCOCCOCCOc3ccc4cc(OC(C)CC5CO5)ccc4c3)ccc2c1. The van der Waals surface area contributed by atoms with Crippen molar-refractivity contribution in [2.24, 2.45) is 0 Å². The van der Waals surface area contributed by atoms with Gasteiger partial charge in [0, 0.05) is 12.8 Å². The topological polar surface area (TPSA) is 80.4 Å². The van der Waals surface area contributed by atoms with Crippen LogP contribution < -0.4 is 18.9 Å². The van der Waals surface area contributed by atoms with Gasteiger partial charge in [-0.1, -0.05) is 24.3 Å². The highest BCUT2D eigenvalue weighted by Gasteiger charge is 2.26. The second kappa shape index (κ2) is 14.9. The van der Waals surface area contributed by atoms with Crippen molar-refractivity contribution in [1.82, 2.24) is 0 Å². The van der Waals surface area contributed by atoms with Crippen LogP contribution in [0, 0.1) is 0 Å². The standard InChI is InChI=1S/C36H42O8/c1-25(17-35-23-41-35)43-33-9-5-27-19-31(7-3-29(27)21-33)39-15-13-37-11-12-38-14-16-40-32-8-4-30-22-34(10-6-28(30)20-32)44-26(2)18-36-24-42-36/h3-10,19-22,25-26,35-36H,11-18,23-24H2,1-2H3. The Morgan fingerprint density at radius 1 is 0.523 bits per heavy atom. The smallest absolute Gasteiger partial charge is 0.120 e. The van der Waals surface area contributed by atoms with Crippen molar-refractivity contribution in [3.05, 3.63) is 72.8 Å². The number of ether oxygens (including phenoxy) is 8. The summed E-state index contributed by atoms with van der Waals surface area (Å²) in [7, 11) is 0. The zero-order valence-corrected chi connectivity index (χ0v) is 25.6. The van der Waals surface area contributed by atoms with E-state index >= 15 is 0 Å². The van der Waals surface area contributed by atoms with E-state index in [0.29, 0.717) is 51.8 Å². The summed E-state index contributed by atoms with van der Waals surface area (Å²) in [6, 6.07) is 24.4. The van der Waals surface area contributed by atoms with Crippen molar-refractivity contribution in [3.63, 3.8) is 0 Å². The number of hydrogen-bond donors (Lipinski definition) is 0. The normalized spacial score (nSPS) is 18.6. The second-order valence-corrected chi connectivity index (χ2v) is 11.5. The summed E-state index contributed by atoms with van der Waals surface area (Å²) in [5.74, 6) is 3.39. The summed E-state index contributed by atoms with van der Waals surface area (Å²) in [5.41, 5.74) is 0. The molecule has 0 N–H and O–H groups in total. The first-order valence-electron chi connectivity index (χ1n) is 15.6. The maximum Gasteiger partial charge on any atom is 0.120 e. The van der Waals surface area contributed by atoms with Crippen LogP contribution in [0.25, 0.3) is 21.5 Å². The number of epoxide rings is 2. The predicted molar refractivity (Wildman–Crippen MR) is 169 cm³/mol. The van der Waals surface area contributed by atoms with Crippen LogP contribution in [0.3, 0.4) is 0 Å². The van der Waals surface area contributed by atoms with Crippen LogP contribution in [-0.2, 0) is 18.9 Å². The molecule has 44 heavy (non-hydrogen) atoms. The fourth-order valence-corrected chi connectivity index (χ4v) is 5.20. The molecule has 0 saturated carbocycles. The van der Waals surface area contributed by atoms with Gasteiger partial charge in [0.25, 0.3) is 0 Å². The molecule has 0 aromatic heterocycles. The van der Waals surface area contributed by atoms with Crippen LogP contribution in [0.15, 0.2) is 72.8 Å². The van der Waals surface area contributed by atoms with Crippen molar-refractivity contribution < 1.29 is 37.9 Å². The minimum atomic E-state index is 0.134. The van der Waals surface area contributed by atoms with Crippen molar-refractivity contribution in [1.29, 1.82) is 0 Å². The first-order chi connectivity index (χ1) is 21.6. The highest BCUT2D eigenvalue weighted by Crippen LogP contribution is 2.28. The summed E-state index contributed by atoms with van der Waals surface area (Å²) in [6.07, 6.45) is 2.84. The van der Waals surface area contributed by atoms with Crippen LogP contribution in [0.5, 0.6) is 23.0 Å². The zero-order valence-electron chi connectivity index (χ0n) is 25.6. The summed E-state index contributed by atoms with van der Waals surface area (Å²) >= 11 is 0. The minimum absolute atomic E-state index is 0.134. The lowest BCUT2D eigenvalue weighted by molar-refractivity contribution is 0.0274. The molecule has 4 aromatic rings. The molecule has 234 valence electrons. The molecule has 4 unspecified atom stereocenters. The molecule has 2 fully saturated rings. The molecule has 8 nitrogen and oxygen atoms in total. The van der Waals surface area contributed by atoms with Gasteiger partial charge in [-0.2, -0.15) is 0 Å². The third kappa shape index (κ3) is 9.47. The molecular formula is C36H42O8. The molecule has 0 spiro atoms. The molecule has 2 heterocycles. The van der Waals surface area contributed by atoms with Gasteiger partial charge >= 0.3 is 0 Å². The number of benzene rings is 4. The molecule has 2 aliphatic heterocycles. The fourth-order valence-electron chi connectivity index (χ4n) is 5.20. The summed E-state index contributed by atoms with van der Waals surface area (Å²) in [6.45, 7) is 8.80. The third-order valence-corrected chi connectivity index (χ3v) is 7.60. The Balaban J connectivity index is 0.819. The van der Waals surface area contributed by atoms with Crippen LogP contribution in [-0.4, -0.2) is 77.3 Å². The molecular weight excluding hydrogens is 560 g/mol. The number of hydrogen-bond acceptors (Lipinski definition) is 8. The van der Waals surface area contributed by atoms with Crippen LogP contribution in [0.4, 0.5) is 0 Å². The summed E-state index contributed by atoms with van der Waals surface area (Å²) < 4.78 is 45.8. The van der Waals surface area contributed by atoms with Gasteiger partial charge in [0.05, 0.1) is 64.1 Å². The number of rotatable bonds is 19. The Morgan fingerprint density at radius 2 is 0.864 bits per heavy atom. The van der Waals surface area contributed by atoms with E-state index in [2.05, 4.69) is 50.2 Å². The van der Waals surface area contributed by atoms with Crippen molar-refractivity contribution >= 4 is 21.5 Å². The van der Waals surface area contributed by atoms with Crippen molar-refractivity contribution in [2.45, 2.75) is 51.1 Å². The molecule has 2 saturated heterocycles. The van der Waals surface area contributed by atoms with Gasteiger partial charge in [-0.3, -0.25) is 0 Å². The van der Waals surface area contributed by atoms with E-state index in [9.17, 15) is 0 Å². The fraction of sp³-hybridized carbons (Fsp3) is 0.444. The Labute approximate surface area is 259 Å². The van der Waals surface area contributed by atoms with E-state index in [-0.39, 0.29) is 12.2 Å². The molecule has 8 heteroatoms. The molecule has 4 aromatic carbocycles. The minimum Gasteiger partial charge on any atom is -0.491 e. The second-order valence-electron chi connectivity index (χ2n) is 11.5. The highest BCUT2D eigenvalue weighted by atomic mass is 16.6. The lowest BCUT2D eigenvalue weighted by Crippen LogP contribution is -2.14. The van der Waals surface area contributed by atoms with Crippen molar-refractivity contribution in [3.8, 4) is 23.0 Å². The quantitative estimate of drug-likeness (QED) is 0.0878. The maximum absolute atomic E-state index is 6.04.